The third kappa shape index (κ3) is 6.02. The summed E-state index contributed by atoms with van der Waals surface area (Å²) in [5.41, 5.74) is 0.871. The lowest BCUT2D eigenvalue weighted by Crippen LogP contribution is -2.25. The summed E-state index contributed by atoms with van der Waals surface area (Å²) in [6.07, 6.45) is 22.0. The fourth-order valence-electron chi connectivity index (χ4n) is 5.12. The van der Waals surface area contributed by atoms with Gasteiger partial charge in [0.2, 0.25) is 0 Å². The minimum atomic E-state index is -0.763. The van der Waals surface area contributed by atoms with Crippen LogP contribution in [0.2, 0.25) is 0 Å². The molecule has 2 saturated carbocycles. The van der Waals surface area contributed by atoms with Crippen LogP contribution in [0.4, 0.5) is 8.78 Å². The molecule has 1 aromatic carbocycles. The summed E-state index contributed by atoms with van der Waals surface area (Å²) >= 11 is 0. The van der Waals surface area contributed by atoms with E-state index in [0.717, 1.165) is 36.2 Å². The molecule has 148 valence electrons. The van der Waals surface area contributed by atoms with Gasteiger partial charge >= 0.3 is 0 Å². The predicted octanol–water partition coefficient (Wildman–Crippen LogP) is 7.64. The van der Waals surface area contributed by atoms with Crippen molar-refractivity contribution in [1.82, 2.24) is 0 Å². The highest BCUT2D eigenvalue weighted by molar-refractivity contribution is 5.18. The van der Waals surface area contributed by atoms with E-state index in [1.165, 1.54) is 63.5 Å². The van der Waals surface area contributed by atoms with Gasteiger partial charge in [0.15, 0.2) is 11.6 Å². The Labute approximate surface area is 163 Å². The number of rotatable bonds is 6. The number of hydrogen-bond acceptors (Lipinski definition) is 0. The van der Waals surface area contributed by atoms with Crippen molar-refractivity contribution in [3.63, 3.8) is 0 Å². The van der Waals surface area contributed by atoms with E-state index in [0.29, 0.717) is 5.92 Å². The zero-order valence-corrected chi connectivity index (χ0v) is 16.7. The maximum absolute atomic E-state index is 13.2. The molecule has 2 aliphatic carbocycles. The van der Waals surface area contributed by atoms with Crippen LogP contribution in [0, 0.1) is 35.3 Å². The molecule has 2 fully saturated rings. The average Bonchev–Trinajstić information content (AvgIpc) is 2.69. The zero-order valence-electron chi connectivity index (χ0n) is 16.7. The molecule has 2 heteroatoms. The van der Waals surface area contributed by atoms with Gasteiger partial charge < -0.3 is 0 Å². The summed E-state index contributed by atoms with van der Waals surface area (Å²) in [6.45, 7) is 2.14. The van der Waals surface area contributed by atoms with Crippen LogP contribution in [-0.4, -0.2) is 0 Å². The first kappa shape index (κ1) is 20.3. The Morgan fingerprint density at radius 2 is 1.41 bits per heavy atom. The third-order valence-corrected chi connectivity index (χ3v) is 6.76. The highest BCUT2D eigenvalue weighted by Gasteiger charge is 2.29. The van der Waals surface area contributed by atoms with Crippen molar-refractivity contribution in [2.45, 2.75) is 71.1 Å². The van der Waals surface area contributed by atoms with E-state index in [1.54, 1.807) is 6.07 Å². The molecule has 0 nitrogen and oxygen atoms in total. The van der Waals surface area contributed by atoms with Gasteiger partial charge in [0, 0.05) is 0 Å². The lowest BCUT2D eigenvalue weighted by molar-refractivity contribution is 0.166. The van der Waals surface area contributed by atoms with Crippen molar-refractivity contribution in [3.8, 4) is 0 Å². The van der Waals surface area contributed by atoms with Crippen LogP contribution in [0.5, 0.6) is 0 Å². The molecule has 2 aliphatic rings. The molecule has 0 radical (unpaired) electrons. The second-order valence-electron chi connectivity index (χ2n) is 8.59. The van der Waals surface area contributed by atoms with Crippen LogP contribution >= 0.6 is 0 Å². The maximum Gasteiger partial charge on any atom is 0.159 e. The van der Waals surface area contributed by atoms with Gasteiger partial charge in [-0.1, -0.05) is 30.4 Å². The molecule has 0 atom stereocenters. The average molecular weight is 373 g/mol. The van der Waals surface area contributed by atoms with Gasteiger partial charge in [0.05, 0.1) is 0 Å². The Morgan fingerprint density at radius 3 is 1.96 bits per heavy atom. The Hall–Kier alpha value is -1.44. The van der Waals surface area contributed by atoms with Gasteiger partial charge in [0.25, 0.3) is 0 Å². The number of benzene rings is 1. The summed E-state index contributed by atoms with van der Waals surface area (Å²) < 4.78 is 26.2. The SMILES string of the molecule is CC=C[C@H]1CC[C@H]([C@H]2CC[C@H](C=CCCc3ccc(F)c(F)c3)CC2)CC1. The number of halogens is 2. The molecule has 0 amide bonds. The summed E-state index contributed by atoms with van der Waals surface area (Å²) in [5.74, 6) is 1.95. The fraction of sp³-hybridized carbons (Fsp3) is 0.600. The topological polar surface area (TPSA) is 0 Å². The summed E-state index contributed by atoms with van der Waals surface area (Å²) in [6, 6.07) is 4.23. The van der Waals surface area contributed by atoms with Crippen LogP contribution in [-0.2, 0) is 6.42 Å². The van der Waals surface area contributed by atoms with Gasteiger partial charge in [-0.3, -0.25) is 0 Å². The largest absolute Gasteiger partial charge is 0.204 e. The van der Waals surface area contributed by atoms with Crippen molar-refractivity contribution in [2.24, 2.45) is 23.7 Å². The molecular weight excluding hydrogens is 338 g/mol. The molecule has 0 aromatic heterocycles. The highest BCUT2D eigenvalue weighted by atomic mass is 19.2. The lowest BCUT2D eigenvalue weighted by atomic mass is 9.69. The van der Waals surface area contributed by atoms with Crippen LogP contribution in [0.25, 0.3) is 0 Å². The van der Waals surface area contributed by atoms with Gasteiger partial charge in [-0.05, 0) is 112 Å². The first-order chi connectivity index (χ1) is 13.2. The molecule has 0 saturated heterocycles. The predicted molar refractivity (Wildman–Crippen MR) is 110 cm³/mol. The van der Waals surface area contributed by atoms with Crippen LogP contribution in [0.15, 0.2) is 42.5 Å². The van der Waals surface area contributed by atoms with E-state index in [2.05, 4.69) is 31.2 Å². The van der Waals surface area contributed by atoms with E-state index < -0.39 is 11.6 Å². The fourth-order valence-corrected chi connectivity index (χ4v) is 5.12. The van der Waals surface area contributed by atoms with Crippen molar-refractivity contribution >= 4 is 0 Å². The lowest BCUT2D eigenvalue weighted by Gasteiger charge is -2.36. The zero-order chi connectivity index (χ0) is 19.1. The molecule has 0 N–H and O–H groups in total. The Morgan fingerprint density at radius 1 is 0.815 bits per heavy atom. The molecule has 3 rings (SSSR count). The number of aryl methyl sites for hydroxylation is 1. The van der Waals surface area contributed by atoms with E-state index in [-0.39, 0.29) is 0 Å². The molecular formula is C25H34F2. The minimum absolute atomic E-state index is 0.713. The first-order valence-corrected chi connectivity index (χ1v) is 10.9. The first-order valence-electron chi connectivity index (χ1n) is 10.9. The minimum Gasteiger partial charge on any atom is -0.204 e. The smallest absolute Gasteiger partial charge is 0.159 e. The summed E-state index contributed by atoms with van der Waals surface area (Å²) in [4.78, 5) is 0. The number of hydrogen-bond donors (Lipinski definition) is 0. The highest BCUT2D eigenvalue weighted by Crippen LogP contribution is 2.41. The Kier molecular flexibility index (Phi) is 7.67. The molecule has 0 bridgehead atoms. The molecule has 0 aliphatic heterocycles. The van der Waals surface area contributed by atoms with E-state index >= 15 is 0 Å². The summed E-state index contributed by atoms with van der Waals surface area (Å²) in [7, 11) is 0. The van der Waals surface area contributed by atoms with Gasteiger partial charge in [-0.25, -0.2) is 8.78 Å². The number of allylic oxidation sites excluding steroid dienone is 4. The third-order valence-electron chi connectivity index (χ3n) is 6.76. The van der Waals surface area contributed by atoms with E-state index in [1.807, 2.05) is 0 Å². The second kappa shape index (κ2) is 10.2. The van der Waals surface area contributed by atoms with Crippen molar-refractivity contribution in [3.05, 3.63) is 59.7 Å². The summed E-state index contributed by atoms with van der Waals surface area (Å²) in [5, 5.41) is 0. The quantitative estimate of drug-likeness (QED) is 0.450. The second-order valence-corrected chi connectivity index (χ2v) is 8.59. The molecule has 0 heterocycles. The molecule has 1 aromatic rings. The van der Waals surface area contributed by atoms with Crippen LogP contribution in [0.3, 0.4) is 0 Å². The van der Waals surface area contributed by atoms with E-state index in [4.69, 9.17) is 0 Å². The van der Waals surface area contributed by atoms with Crippen LogP contribution in [0.1, 0.15) is 70.3 Å². The van der Waals surface area contributed by atoms with Gasteiger partial charge in [-0.15, -0.1) is 0 Å². The maximum atomic E-state index is 13.2. The van der Waals surface area contributed by atoms with Gasteiger partial charge in [0.1, 0.15) is 0 Å². The van der Waals surface area contributed by atoms with Crippen molar-refractivity contribution in [2.75, 3.05) is 0 Å². The van der Waals surface area contributed by atoms with Gasteiger partial charge in [-0.2, -0.15) is 0 Å². The van der Waals surface area contributed by atoms with Crippen LogP contribution < -0.4 is 0 Å². The standard InChI is InChI=1S/C25H34F2/c1-2-5-19-8-13-22(14-9-19)23-15-10-20(11-16-23)6-3-4-7-21-12-17-24(26)25(27)18-21/h2-3,5-6,12,17-20,22-23H,4,7-11,13-16H2,1H3/t19-,20-,22-,23-. The molecule has 27 heavy (non-hydrogen) atoms. The van der Waals surface area contributed by atoms with Crippen molar-refractivity contribution in [1.29, 1.82) is 0 Å². The Bertz CT molecular complexity index is 630. The molecule has 0 unspecified atom stereocenters. The normalized spacial score (nSPS) is 29.6. The van der Waals surface area contributed by atoms with E-state index in [9.17, 15) is 8.78 Å². The Balaban J connectivity index is 1.35. The molecule has 0 spiro atoms. The monoisotopic (exact) mass is 372 g/mol. The van der Waals surface area contributed by atoms with Crippen molar-refractivity contribution < 1.29 is 8.78 Å².